The van der Waals surface area contributed by atoms with Gasteiger partial charge in [0.1, 0.15) is 5.03 Å². The summed E-state index contributed by atoms with van der Waals surface area (Å²) in [6.45, 7) is 4.63. The largest absolute Gasteiger partial charge is 0.368 e. The number of nitrogens with one attached hydrogen (secondary N) is 2. The van der Waals surface area contributed by atoms with E-state index in [-0.39, 0.29) is 17.8 Å². The monoisotopic (exact) mass is 400 g/mol. The molecule has 6 N–H and O–H groups in total. The number of benzene rings is 1. The lowest BCUT2D eigenvalue weighted by Gasteiger charge is -2.16. The van der Waals surface area contributed by atoms with Crippen LogP contribution in [0.3, 0.4) is 0 Å². The van der Waals surface area contributed by atoms with Crippen molar-refractivity contribution in [2.75, 3.05) is 24.6 Å². The number of nitrogens with zero attached hydrogens (tertiary/aromatic N) is 2. The van der Waals surface area contributed by atoms with Gasteiger partial charge in [0.15, 0.2) is 0 Å². The van der Waals surface area contributed by atoms with Crippen molar-refractivity contribution < 1.29 is 9.59 Å². The van der Waals surface area contributed by atoms with Crippen LogP contribution in [-0.4, -0.2) is 46.7 Å². The molecule has 0 fully saturated rings. The average molecular weight is 401 g/mol. The van der Waals surface area contributed by atoms with Crippen molar-refractivity contribution >= 4 is 29.5 Å². The number of rotatable bonds is 0. The Labute approximate surface area is 167 Å². The molecule has 1 atom stereocenters. The third kappa shape index (κ3) is 4.60. The summed E-state index contributed by atoms with van der Waals surface area (Å²) in [6.07, 6.45) is 0.362. The fraction of sp³-hybridized carbons (Fsp3) is 0.368. The Morgan fingerprint density at radius 3 is 2.57 bits per heavy atom. The van der Waals surface area contributed by atoms with E-state index < -0.39 is 6.04 Å². The molecule has 28 heavy (non-hydrogen) atoms. The lowest BCUT2D eigenvalue weighted by atomic mass is 9.97. The zero-order chi connectivity index (χ0) is 20.3. The van der Waals surface area contributed by atoms with Crippen LogP contribution in [0.1, 0.15) is 27.9 Å². The van der Waals surface area contributed by atoms with E-state index in [1.807, 2.05) is 32.0 Å². The Hall–Kier alpha value is -2.65. The number of hydrogen-bond donors (Lipinski definition) is 4. The first kappa shape index (κ1) is 20.1. The molecular weight excluding hydrogens is 376 g/mol. The second-order valence-corrected chi connectivity index (χ2v) is 7.84. The van der Waals surface area contributed by atoms with Crippen molar-refractivity contribution in [3.63, 3.8) is 0 Å². The van der Waals surface area contributed by atoms with Crippen molar-refractivity contribution in [2.45, 2.75) is 31.3 Å². The summed E-state index contributed by atoms with van der Waals surface area (Å²) in [4.78, 5) is 33.3. The van der Waals surface area contributed by atoms with Crippen LogP contribution < -0.4 is 22.1 Å². The molecule has 1 unspecified atom stereocenters. The maximum Gasteiger partial charge on any atom is 0.251 e. The molecule has 2 amide bonds. The molecule has 0 aliphatic carbocycles. The van der Waals surface area contributed by atoms with Crippen LogP contribution in [-0.2, 0) is 4.79 Å². The minimum absolute atomic E-state index is 0.165. The number of nitrogen functional groups attached to an aromatic ring is 1. The molecule has 1 aromatic heterocycles. The number of aryl methyl sites for hydroxylation is 2. The number of carbonyl (C=O) groups is 2. The summed E-state index contributed by atoms with van der Waals surface area (Å²) in [5.41, 5.74) is 15.7. The van der Waals surface area contributed by atoms with Gasteiger partial charge in [-0.05, 0) is 43.5 Å². The molecule has 1 aliphatic heterocycles. The number of thioether (sulfide) groups is 1. The third-order valence-electron chi connectivity index (χ3n) is 4.54. The first-order valence-electron chi connectivity index (χ1n) is 9.05. The Morgan fingerprint density at radius 1 is 1.04 bits per heavy atom. The number of hydrogen-bond acceptors (Lipinski definition) is 7. The smallest absolute Gasteiger partial charge is 0.251 e. The predicted molar refractivity (Wildman–Crippen MR) is 110 cm³/mol. The SMILES string of the molecule is Cc1cc(C)c2cc1C(=O)NCCC(N)C(=O)NCCSc1cc-2nc(N)n1. The predicted octanol–water partition coefficient (Wildman–Crippen LogP) is 1.01. The number of nitrogens with two attached hydrogens (primary N) is 2. The molecule has 8 nitrogen and oxygen atoms in total. The first-order chi connectivity index (χ1) is 13.3. The van der Waals surface area contributed by atoms with Crippen molar-refractivity contribution in [1.29, 1.82) is 0 Å². The zero-order valence-corrected chi connectivity index (χ0v) is 16.7. The van der Waals surface area contributed by atoms with Crippen LogP contribution in [0.15, 0.2) is 23.2 Å². The normalized spacial score (nSPS) is 18.3. The van der Waals surface area contributed by atoms with Crippen molar-refractivity contribution in [3.8, 4) is 11.3 Å². The summed E-state index contributed by atoms with van der Waals surface area (Å²) in [5.74, 6) is 0.343. The van der Waals surface area contributed by atoms with Crippen LogP contribution in [0, 0.1) is 13.8 Å². The third-order valence-corrected chi connectivity index (χ3v) is 5.45. The molecule has 2 aromatic rings. The van der Waals surface area contributed by atoms with Crippen LogP contribution in [0.2, 0.25) is 0 Å². The van der Waals surface area contributed by atoms with E-state index in [2.05, 4.69) is 20.6 Å². The maximum atomic E-state index is 12.7. The molecule has 0 spiro atoms. The summed E-state index contributed by atoms with van der Waals surface area (Å²) in [5, 5.41) is 6.35. The quantitative estimate of drug-likeness (QED) is 0.485. The van der Waals surface area contributed by atoms with Crippen LogP contribution in [0.5, 0.6) is 0 Å². The second kappa shape index (κ2) is 8.57. The highest BCUT2D eigenvalue weighted by Crippen LogP contribution is 2.28. The van der Waals surface area contributed by atoms with E-state index in [1.54, 1.807) is 0 Å². The molecule has 1 aliphatic rings. The Morgan fingerprint density at radius 2 is 1.79 bits per heavy atom. The van der Waals surface area contributed by atoms with Crippen LogP contribution >= 0.6 is 11.8 Å². The summed E-state index contributed by atoms with van der Waals surface area (Å²) < 4.78 is 0. The minimum Gasteiger partial charge on any atom is -0.368 e. The number of aromatic nitrogens is 2. The minimum atomic E-state index is -0.672. The van der Waals surface area contributed by atoms with Gasteiger partial charge in [0.05, 0.1) is 11.7 Å². The molecule has 2 heterocycles. The molecule has 0 saturated carbocycles. The van der Waals surface area contributed by atoms with Gasteiger partial charge in [0, 0.05) is 30.0 Å². The second-order valence-electron chi connectivity index (χ2n) is 6.72. The van der Waals surface area contributed by atoms with E-state index >= 15 is 0 Å². The van der Waals surface area contributed by atoms with Crippen molar-refractivity contribution in [1.82, 2.24) is 20.6 Å². The summed E-state index contributed by atoms with van der Waals surface area (Å²) in [7, 11) is 0. The number of carbonyl (C=O) groups excluding carboxylic acids is 2. The van der Waals surface area contributed by atoms with Gasteiger partial charge in [-0.1, -0.05) is 6.07 Å². The Bertz CT molecular complexity index is 918. The topological polar surface area (TPSA) is 136 Å². The van der Waals surface area contributed by atoms with Gasteiger partial charge < -0.3 is 22.1 Å². The van der Waals surface area contributed by atoms with Crippen LogP contribution in [0.25, 0.3) is 11.3 Å². The van der Waals surface area contributed by atoms with Gasteiger partial charge in [-0.2, -0.15) is 0 Å². The summed E-state index contributed by atoms with van der Waals surface area (Å²) in [6, 6.07) is 4.96. The highest BCUT2D eigenvalue weighted by Gasteiger charge is 2.17. The van der Waals surface area contributed by atoms with Gasteiger partial charge in [-0.15, -0.1) is 11.8 Å². The number of fused-ring (bicyclic) bond motifs is 5. The van der Waals surface area contributed by atoms with E-state index in [9.17, 15) is 9.59 Å². The maximum absolute atomic E-state index is 12.7. The van der Waals surface area contributed by atoms with Gasteiger partial charge in [-0.25, -0.2) is 9.97 Å². The molecule has 3 rings (SSSR count). The molecule has 4 bridgehead atoms. The lowest BCUT2D eigenvalue weighted by molar-refractivity contribution is -0.122. The van der Waals surface area contributed by atoms with E-state index in [0.29, 0.717) is 41.5 Å². The molecule has 9 heteroatoms. The van der Waals surface area contributed by atoms with Gasteiger partial charge in [0.25, 0.3) is 5.91 Å². The van der Waals surface area contributed by atoms with Gasteiger partial charge in [-0.3, -0.25) is 9.59 Å². The highest BCUT2D eigenvalue weighted by atomic mass is 32.2. The van der Waals surface area contributed by atoms with E-state index in [1.165, 1.54) is 11.8 Å². The summed E-state index contributed by atoms with van der Waals surface area (Å²) >= 11 is 1.47. The number of amides is 2. The van der Waals surface area contributed by atoms with E-state index in [4.69, 9.17) is 11.5 Å². The average Bonchev–Trinajstić information content (AvgIpc) is 2.63. The van der Waals surface area contributed by atoms with E-state index in [0.717, 1.165) is 16.7 Å². The van der Waals surface area contributed by atoms with Gasteiger partial charge >= 0.3 is 0 Å². The molecule has 1 aromatic carbocycles. The van der Waals surface area contributed by atoms with Crippen molar-refractivity contribution in [3.05, 3.63) is 34.9 Å². The fourth-order valence-electron chi connectivity index (χ4n) is 3.06. The zero-order valence-electron chi connectivity index (χ0n) is 15.9. The molecule has 148 valence electrons. The lowest BCUT2D eigenvalue weighted by Crippen LogP contribution is -2.43. The molecule has 0 radical (unpaired) electrons. The van der Waals surface area contributed by atoms with Gasteiger partial charge in [0.2, 0.25) is 11.9 Å². The first-order valence-corrected chi connectivity index (χ1v) is 10.0. The van der Waals surface area contributed by atoms with Crippen molar-refractivity contribution in [2.24, 2.45) is 5.73 Å². The van der Waals surface area contributed by atoms with Crippen LogP contribution in [0.4, 0.5) is 5.95 Å². The molecular formula is C19H24N6O2S. The fourth-order valence-corrected chi connectivity index (χ4v) is 3.82. The molecule has 0 saturated heterocycles. The number of anilines is 1. The standard InChI is InChI=1S/C19H24N6O2S/c1-10-7-11(2)13-8-12(10)15-9-16(25-19(21)24-15)28-6-5-23-18(27)14(20)3-4-22-17(13)26/h7-9,14H,3-6,20H2,1-2H3,(H,22,26)(H,23,27)(H2,21,24,25). The Balaban J connectivity index is 2.03. The highest BCUT2D eigenvalue weighted by molar-refractivity contribution is 7.99. The Kier molecular flexibility index (Phi) is 6.15.